The maximum absolute atomic E-state index is 12.6. The molecule has 0 unspecified atom stereocenters. The Balaban J connectivity index is 1.69. The average Bonchev–Trinajstić information content (AvgIpc) is 3.15. The first kappa shape index (κ1) is 15.8. The lowest BCUT2D eigenvalue weighted by Crippen LogP contribution is -2.46. The molecule has 1 aromatic carbocycles. The lowest BCUT2D eigenvalue weighted by molar-refractivity contribution is -0.314. The van der Waals surface area contributed by atoms with Crippen LogP contribution in [0.1, 0.15) is 37.8 Å². The van der Waals surface area contributed by atoms with Crippen molar-refractivity contribution in [3.8, 4) is 5.75 Å². The van der Waals surface area contributed by atoms with E-state index in [-0.39, 0.29) is 23.8 Å². The number of carboxylic acids is 1. The predicted octanol–water partition coefficient (Wildman–Crippen LogP) is 1.28. The topological polar surface area (TPSA) is 78.5 Å². The molecule has 2 aliphatic carbocycles. The summed E-state index contributed by atoms with van der Waals surface area (Å²) in [4.78, 5) is 24.1. The Bertz CT molecular complexity index is 598. The van der Waals surface area contributed by atoms with E-state index < -0.39 is 17.8 Å². The first-order chi connectivity index (χ1) is 11.0. The van der Waals surface area contributed by atoms with E-state index in [0.29, 0.717) is 0 Å². The molecular weight excluding hydrogens is 294 g/mol. The van der Waals surface area contributed by atoms with E-state index >= 15 is 0 Å². The van der Waals surface area contributed by atoms with Crippen LogP contribution in [-0.2, 0) is 9.59 Å². The second kappa shape index (κ2) is 6.22. The average molecular weight is 316 g/mol. The summed E-state index contributed by atoms with van der Waals surface area (Å²) < 4.78 is 5.13. The Labute approximate surface area is 136 Å². The Morgan fingerprint density at radius 3 is 2.35 bits per heavy atom. The van der Waals surface area contributed by atoms with E-state index in [1.165, 1.54) is 0 Å². The molecule has 1 aromatic rings. The Morgan fingerprint density at radius 2 is 1.78 bits per heavy atom. The summed E-state index contributed by atoms with van der Waals surface area (Å²) in [6.45, 7) is 1.90. The Hall–Kier alpha value is -2.04. The van der Waals surface area contributed by atoms with Crippen LogP contribution in [0.25, 0.3) is 0 Å². The highest BCUT2D eigenvalue weighted by molar-refractivity contribution is 5.85. The van der Waals surface area contributed by atoms with E-state index in [9.17, 15) is 14.7 Å². The van der Waals surface area contributed by atoms with E-state index in [4.69, 9.17) is 4.74 Å². The molecule has 23 heavy (non-hydrogen) atoms. The standard InChI is InChI=1S/C18H23NO4/c1-10(11-5-7-14(23-2)8-6-11)19-17(20)15-12-3-4-13(9-12)16(15)18(21)22/h5-8,10,12-13,15-16H,3-4,9H2,1-2H3,(H,19,20)(H,21,22)/p-1/t10-,12+,13-,15+,16-/m0/s1. The molecule has 0 radical (unpaired) electrons. The molecule has 5 nitrogen and oxygen atoms in total. The van der Waals surface area contributed by atoms with Gasteiger partial charge < -0.3 is 20.0 Å². The number of ether oxygens (including phenoxy) is 1. The summed E-state index contributed by atoms with van der Waals surface area (Å²) in [6.07, 6.45) is 2.69. The van der Waals surface area contributed by atoms with Gasteiger partial charge in [-0.15, -0.1) is 0 Å². The lowest BCUT2D eigenvalue weighted by atomic mass is 9.78. The number of benzene rings is 1. The van der Waals surface area contributed by atoms with E-state index in [1.807, 2.05) is 31.2 Å². The van der Waals surface area contributed by atoms with Crippen molar-refractivity contribution >= 4 is 11.9 Å². The molecule has 2 aliphatic rings. The van der Waals surface area contributed by atoms with Crippen molar-refractivity contribution in [3.05, 3.63) is 29.8 Å². The van der Waals surface area contributed by atoms with Crippen molar-refractivity contribution in [3.63, 3.8) is 0 Å². The molecule has 0 saturated heterocycles. The molecule has 2 bridgehead atoms. The fourth-order valence-corrected chi connectivity index (χ4v) is 4.29. The molecule has 124 valence electrons. The van der Waals surface area contributed by atoms with Crippen LogP contribution < -0.4 is 15.2 Å². The van der Waals surface area contributed by atoms with Gasteiger partial charge in [-0.2, -0.15) is 0 Å². The second-order valence-electron chi connectivity index (χ2n) is 6.71. The minimum Gasteiger partial charge on any atom is -0.550 e. The number of carbonyl (C=O) groups excluding carboxylic acids is 2. The van der Waals surface area contributed by atoms with Crippen molar-refractivity contribution < 1.29 is 19.4 Å². The fraction of sp³-hybridized carbons (Fsp3) is 0.556. The number of carboxylic acid groups (broad SMARTS) is 1. The molecule has 0 aliphatic heterocycles. The molecule has 2 fully saturated rings. The summed E-state index contributed by atoms with van der Waals surface area (Å²) in [5, 5.41) is 14.4. The first-order valence-corrected chi connectivity index (χ1v) is 8.16. The van der Waals surface area contributed by atoms with Gasteiger partial charge in [-0.1, -0.05) is 12.1 Å². The van der Waals surface area contributed by atoms with Gasteiger partial charge in [-0.25, -0.2) is 0 Å². The third-order valence-electron chi connectivity index (χ3n) is 5.47. The summed E-state index contributed by atoms with van der Waals surface area (Å²) in [5.41, 5.74) is 0.965. The molecule has 5 heteroatoms. The minimum absolute atomic E-state index is 0.108. The zero-order valence-corrected chi connectivity index (χ0v) is 13.5. The van der Waals surface area contributed by atoms with Gasteiger partial charge in [0.1, 0.15) is 5.75 Å². The quantitative estimate of drug-likeness (QED) is 0.888. The highest BCUT2D eigenvalue weighted by atomic mass is 16.5. The molecule has 5 atom stereocenters. The smallest absolute Gasteiger partial charge is 0.224 e. The van der Waals surface area contributed by atoms with Crippen molar-refractivity contribution in [1.82, 2.24) is 5.32 Å². The van der Waals surface area contributed by atoms with Crippen LogP contribution in [0.4, 0.5) is 0 Å². The van der Waals surface area contributed by atoms with Gasteiger partial charge in [0.25, 0.3) is 0 Å². The summed E-state index contributed by atoms with van der Waals surface area (Å²) in [6, 6.07) is 7.33. The number of hydrogen-bond donors (Lipinski definition) is 1. The maximum atomic E-state index is 12.6. The summed E-state index contributed by atoms with van der Waals surface area (Å²) in [7, 11) is 1.61. The number of amides is 1. The van der Waals surface area contributed by atoms with Crippen LogP contribution in [0, 0.1) is 23.7 Å². The Morgan fingerprint density at radius 1 is 1.17 bits per heavy atom. The molecule has 2 saturated carbocycles. The van der Waals surface area contributed by atoms with Crippen molar-refractivity contribution in [1.29, 1.82) is 0 Å². The van der Waals surface area contributed by atoms with Crippen molar-refractivity contribution in [2.24, 2.45) is 23.7 Å². The lowest BCUT2D eigenvalue weighted by Gasteiger charge is -2.31. The molecule has 0 heterocycles. The van der Waals surface area contributed by atoms with Crippen LogP contribution in [0.2, 0.25) is 0 Å². The van der Waals surface area contributed by atoms with Gasteiger partial charge in [0, 0.05) is 17.8 Å². The minimum atomic E-state index is -1.07. The molecule has 0 spiro atoms. The summed E-state index contributed by atoms with van der Waals surface area (Å²) in [5.74, 6) is -1.25. The first-order valence-electron chi connectivity index (χ1n) is 8.16. The van der Waals surface area contributed by atoms with Crippen molar-refractivity contribution in [2.45, 2.75) is 32.2 Å². The van der Waals surface area contributed by atoms with Crippen LogP contribution in [0.3, 0.4) is 0 Å². The largest absolute Gasteiger partial charge is 0.550 e. The van der Waals surface area contributed by atoms with Gasteiger partial charge in [0.2, 0.25) is 5.91 Å². The second-order valence-corrected chi connectivity index (χ2v) is 6.71. The molecule has 3 rings (SSSR count). The van der Waals surface area contributed by atoms with Crippen LogP contribution >= 0.6 is 0 Å². The number of nitrogens with one attached hydrogen (secondary N) is 1. The predicted molar refractivity (Wildman–Crippen MR) is 82.4 cm³/mol. The van der Waals surface area contributed by atoms with Gasteiger partial charge in [0.05, 0.1) is 13.2 Å². The van der Waals surface area contributed by atoms with E-state index in [1.54, 1.807) is 7.11 Å². The summed E-state index contributed by atoms with van der Waals surface area (Å²) >= 11 is 0. The van der Waals surface area contributed by atoms with E-state index in [0.717, 1.165) is 30.6 Å². The Kier molecular flexibility index (Phi) is 4.28. The SMILES string of the molecule is COc1ccc([C@H](C)NC(=O)[C@@H]2[C@@H]3CC[C@@H](C3)[C@@H]2C(=O)[O-])cc1. The van der Waals surface area contributed by atoms with Crippen LogP contribution in [0.5, 0.6) is 5.75 Å². The third-order valence-corrected chi connectivity index (χ3v) is 5.47. The van der Waals surface area contributed by atoms with Gasteiger partial charge in [-0.05, 0) is 55.7 Å². The molecule has 1 N–H and O–H groups in total. The molecule has 1 amide bonds. The molecular formula is C18H22NO4-. The number of methoxy groups -OCH3 is 1. The number of aliphatic carboxylic acids is 1. The molecule has 0 aromatic heterocycles. The van der Waals surface area contributed by atoms with Gasteiger partial charge in [-0.3, -0.25) is 4.79 Å². The number of carbonyl (C=O) groups is 2. The highest BCUT2D eigenvalue weighted by Gasteiger charge is 2.51. The zero-order chi connectivity index (χ0) is 16.6. The zero-order valence-electron chi connectivity index (χ0n) is 13.5. The maximum Gasteiger partial charge on any atom is 0.224 e. The normalized spacial score (nSPS) is 30.0. The number of fused-ring (bicyclic) bond motifs is 2. The van der Waals surface area contributed by atoms with Crippen molar-refractivity contribution in [2.75, 3.05) is 7.11 Å². The number of hydrogen-bond acceptors (Lipinski definition) is 4. The number of rotatable bonds is 5. The van der Waals surface area contributed by atoms with Gasteiger partial charge in [0.15, 0.2) is 0 Å². The highest BCUT2D eigenvalue weighted by Crippen LogP contribution is 2.52. The van der Waals surface area contributed by atoms with Gasteiger partial charge >= 0.3 is 0 Å². The van der Waals surface area contributed by atoms with E-state index in [2.05, 4.69) is 5.32 Å². The third kappa shape index (κ3) is 2.92. The fourth-order valence-electron chi connectivity index (χ4n) is 4.29. The van der Waals surface area contributed by atoms with Crippen LogP contribution in [0.15, 0.2) is 24.3 Å². The monoisotopic (exact) mass is 316 g/mol. The van der Waals surface area contributed by atoms with Crippen LogP contribution in [-0.4, -0.2) is 19.0 Å².